The van der Waals surface area contributed by atoms with Crippen molar-refractivity contribution >= 4 is 23.3 Å². The lowest BCUT2D eigenvalue weighted by molar-refractivity contribution is -0.115. The van der Waals surface area contributed by atoms with Crippen molar-refractivity contribution in [2.45, 2.75) is 6.42 Å². The molecule has 0 aliphatic rings. The molecule has 0 aliphatic carbocycles. The van der Waals surface area contributed by atoms with Crippen molar-refractivity contribution in [2.75, 3.05) is 12.4 Å². The van der Waals surface area contributed by atoms with Crippen molar-refractivity contribution in [3.8, 4) is 5.88 Å². The molecule has 0 fully saturated rings. The lowest BCUT2D eigenvalue weighted by Crippen LogP contribution is -2.15. The van der Waals surface area contributed by atoms with Crippen molar-refractivity contribution in [1.82, 2.24) is 9.97 Å². The SMILES string of the molecule is COc1cc(NC(=O)Cc2ccc(F)cc2Cl)ncn1. The summed E-state index contributed by atoms with van der Waals surface area (Å²) in [5.41, 5.74) is 0.534. The molecule has 0 unspecified atom stereocenters. The lowest BCUT2D eigenvalue weighted by atomic mass is 10.1. The number of benzene rings is 1. The van der Waals surface area contributed by atoms with Gasteiger partial charge in [0.15, 0.2) is 0 Å². The van der Waals surface area contributed by atoms with Crippen LogP contribution in [0.3, 0.4) is 0 Å². The number of halogens is 2. The fraction of sp³-hybridized carbons (Fsp3) is 0.154. The summed E-state index contributed by atoms with van der Waals surface area (Å²) in [5, 5.41) is 2.79. The standard InChI is InChI=1S/C13H11ClFN3O2/c1-20-13-6-11(16-7-17-13)18-12(19)4-8-2-3-9(15)5-10(8)14/h2-3,5-7H,4H2,1H3,(H,16,17,18,19). The number of amides is 1. The molecule has 0 spiro atoms. The van der Waals surface area contributed by atoms with Crippen LogP contribution in [0.4, 0.5) is 10.2 Å². The second-order valence-corrected chi connectivity index (χ2v) is 4.31. The molecular weight excluding hydrogens is 285 g/mol. The fourth-order valence-electron chi connectivity index (χ4n) is 1.54. The Hall–Kier alpha value is -2.21. The summed E-state index contributed by atoms with van der Waals surface area (Å²) in [7, 11) is 1.46. The first kappa shape index (κ1) is 14.2. The Morgan fingerprint density at radius 1 is 1.40 bits per heavy atom. The van der Waals surface area contributed by atoms with Crippen LogP contribution >= 0.6 is 11.6 Å². The van der Waals surface area contributed by atoms with Crippen LogP contribution in [0.5, 0.6) is 5.88 Å². The van der Waals surface area contributed by atoms with E-state index in [1.165, 1.54) is 31.6 Å². The van der Waals surface area contributed by atoms with Gasteiger partial charge in [0, 0.05) is 11.1 Å². The number of carbonyl (C=O) groups excluding carboxylic acids is 1. The molecule has 1 aromatic carbocycles. The average molecular weight is 296 g/mol. The number of nitrogens with zero attached hydrogens (tertiary/aromatic N) is 2. The smallest absolute Gasteiger partial charge is 0.230 e. The van der Waals surface area contributed by atoms with Crippen LogP contribution in [0.25, 0.3) is 0 Å². The maximum Gasteiger partial charge on any atom is 0.230 e. The van der Waals surface area contributed by atoms with Crippen LogP contribution in [0.15, 0.2) is 30.6 Å². The number of carbonyl (C=O) groups is 1. The van der Waals surface area contributed by atoms with E-state index in [1.807, 2.05) is 0 Å². The number of methoxy groups -OCH3 is 1. The zero-order chi connectivity index (χ0) is 14.5. The van der Waals surface area contributed by atoms with Gasteiger partial charge < -0.3 is 10.1 Å². The van der Waals surface area contributed by atoms with Gasteiger partial charge in [-0.15, -0.1) is 0 Å². The van der Waals surface area contributed by atoms with Gasteiger partial charge in [0.05, 0.1) is 13.5 Å². The number of anilines is 1. The first-order valence-corrected chi connectivity index (χ1v) is 6.06. The van der Waals surface area contributed by atoms with E-state index >= 15 is 0 Å². The predicted molar refractivity (Wildman–Crippen MR) is 72.3 cm³/mol. The van der Waals surface area contributed by atoms with Crippen molar-refractivity contribution < 1.29 is 13.9 Å². The average Bonchev–Trinajstić information content (AvgIpc) is 2.42. The second kappa shape index (κ2) is 6.29. The van der Waals surface area contributed by atoms with E-state index in [9.17, 15) is 9.18 Å². The summed E-state index contributed by atoms with van der Waals surface area (Å²) >= 11 is 5.86. The Bertz CT molecular complexity index is 637. The molecule has 0 aliphatic heterocycles. The highest BCUT2D eigenvalue weighted by molar-refractivity contribution is 6.31. The molecule has 2 aromatic rings. The molecule has 0 radical (unpaired) electrons. The molecule has 5 nitrogen and oxygen atoms in total. The van der Waals surface area contributed by atoms with Crippen molar-refractivity contribution in [1.29, 1.82) is 0 Å². The Labute approximate surface area is 119 Å². The van der Waals surface area contributed by atoms with Crippen molar-refractivity contribution in [2.24, 2.45) is 0 Å². The van der Waals surface area contributed by atoms with E-state index in [0.29, 0.717) is 17.3 Å². The number of ether oxygens (including phenoxy) is 1. The number of hydrogen-bond donors (Lipinski definition) is 1. The molecule has 1 amide bonds. The summed E-state index contributed by atoms with van der Waals surface area (Å²) in [5.74, 6) is -0.103. The number of hydrogen-bond acceptors (Lipinski definition) is 4. The Balaban J connectivity index is 2.05. The maximum atomic E-state index is 12.9. The van der Waals surface area contributed by atoms with Gasteiger partial charge in [0.25, 0.3) is 0 Å². The normalized spacial score (nSPS) is 10.2. The Morgan fingerprint density at radius 2 is 2.20 bits per heavy atom. The molecule has 1 aromatic heterocycles. The van der Waals surface area contributed by atoms with E-state index in [2.05, 4.69) is 15.3 Å². The summed E-state index contributed by atoms with van der Waals surface area (Å²) in [4.78, 5) is 19.6. The molecule has 0 saturated carbocycles. The first-order chi connectivity index (χ1) is 9.58. The number of rotatable bonds is 4. The van der Waals surface area contributed by atoms with Crippen molar-refractivity contribution in [3.63, 3.8) is 0 Å². The first-order valence-electron chi connectivity index (χ1n) is 5.68. The number of nitrogens with one attached hydrogen (secondary N) is 1. The van der Waals surface area contributed by atoms with E-state index in [-0.39, 0.29) is 17.4 Å². The number of aromatic nitrogens is 2. The van der Waals surface area contributed by atoms with Crippen LogP contribution in [0.1, 0.15) is 5.56 Å². The highest BCUT2D eigenvalue weighted by Crippen LogP contribution is 2.18. The molecular formula is C13H11ClFN3O2. The van der Waals surface area contributed by atoms with Gasteiger partial charge in [-0.05, 0) is 17.7 Å². The molecule has 1 heterocycles. The lowest BCUT2D eigenvalue weighted by Gasteiger charge is -2.06. The molecule has 104 valence electrons. The van der Waals surface area contributed by atoms with Crippen molar-refractivity contribution in [3.05, 3.63) is 47.0 Å². The van der Waals surface area contributed by atoms with Gasteiger partial charge in [0.1, 0.15) is 18.0 Å². The highest BCUT2D eigenvalue weighted by atomic mass is 35.5. The van der Waals surface area contributed by atoms with E-state index < -0.39 is 5.82 Å². The monoisotopic (exact) mass is 295 g/mol. The largest absolute Gasteiger partial charge is 0.481 e. The molecule has 20 heavy (non-hydrogen) atoms. The second-order valence-electron chi connectivity index (χ2n) is 3.91. The quantitative estimate of drug-likeness (QED) is 0.941. The minimum Gasteiger partial charge on any atom is -0.481 e. The van der Waals surface area contributed by atoms with E-state index in [0.717, 1.165) is 6.07 Å². The molecule has 0 bridgehead atoms. The summed E-state index contributed by atoms with van der Waals surface area (Å²) in [6.45, 7) is 0. The summed E-state index contributed by atoms with van der Waals surface area (Å²) in [6.07, 6.45) is 1.30. The minimum atomic E-state index is -0.445. The topological polar surface area (TPSA) is 64.1 Å². The molecule has 7 heteroatoms. The van der Waals surface area contributed by atoms with Crippen LogP contribution in [0.2, 0.25) is 5.02 Å². The predicted octanol–water partition coefficient (Wildman–Crippen LogP) is 2.46. The third kappa shape index (κ3) is 3.64. The zero-order valence-corrected chi connectivity index (χ0v) is 11.3. The van der Waals surface area contributed by atoms with Gasteiger partial charge in [-0.2, -0.15) is 0 Å². The van der Waals surface area contributed by atoms with Gasteiger partial charge in [-0.3, -0.25) is 4.79 Å². The van der Waals surface area contributed by atoms with E-state index in [4.69, 9.17) is 16.3 Å². The van der Waals surface area contributed by atoms with E-state index in [1.54, 1.807) is 0 Å². The van der Waals surface area contributed by atoms with Crippen LogP contribution in [-0.2, 0) is 11.2 Å². The highest BCUT2D eigenvalue weighted by Gasteiger charge is 2.09. The molecule has 2 rings (SSSR count). The Morgan fingerprint density at radius 3 is 2.90 bits per heavy atom. The van der Waals surface area contributed by atoms with Crippen LogP contribution in [0, 0.1) is 5.82 Å². The molecule has 0 atom stereocenters. The van der Waals surface area contributed by atoms with Crippen LogP contribution < -0.4 is 10.1 Å². The van der Waals surface area contributed by atoms with Gasteiger partial charge in [-0.25, -0.2) is 14.4 Å². The van der Waals surface area contributed by atoms with Gasteiger partial charge in [0.2, 0.25) is 11.8 Å². The summed E-state index contributed by atoms with van der Waals surface area (Å²) in [6, 6.07) is 5.38. The van der Waals surface area contributed by atoms with Gasteiger partial charge >= 0.3 is 0 Å². The molecule has 0 saturated heterocycles. The van der Waals surface area contributed by atoms with Gasteiger partial charge in [-0.1, -0.05) is 17.7 Å². The van der Waals surface area contributed by atoms with Crippen LogP contribution in [-0.4, -0.2) is 23.0 Å². The Kier molecular flexibility index (Phi) is 4.47. The third-order valence-electron chi connectivity index (χ3n) is 2.48. The zero-order valence-electron chi connectivity index (χ0n) is 10.6. The fourth-order valence-corrected chi connectivity index (χ4v) is 1.78. The minimum absolute atomic E-state index is 0.0193. The third-order valence-corrected chi connectivity index (χ3v) is 2.84. The summed E-state index contributed by atoms with van der Waals surface area (Å²) < 4.78 is 17.8. The molecule has 1 N–H and O–H groups in total. The maximum absolute atomic E-state index is 12.9.